The van der Waals surface area contributed by atoms with Gasteiger partial charge in [-0.25, -0.2) is 9.97 Å². The molecule has 3 aromatic rings. The molecular weight excluding hydrogens is 318 g/mol. The Hall–Kier alpha value is -2.14. The largest absolute Gasteiger partial charge is 0.496 e. The molecular formula is C19H23N3OS. The normalized spacial score (nSPS) is 11.0. The van der Waals surface area contributed by atoms with E-state index in [1.807, 2.05) is 12.1 Å². The number of hydrogen-bond acceptors (Lipinski definition) is 5. The summed E-state index contributed by atoms with van der Waals surface area (Å²) in [4.78, 5) is 11.6. The Labute approximate surface area is 146 Å². The molecule has 0 spiro atoms. The molecule has 126 valence electrons. The fourth-order valence-corrected chi connectivity index (χ4v) is 3.67. The van der Waals surface area contributed by atoms with E-state index in [9.17, 15) is 0 Å². The van der Waals surface area contributed by atoms with E-state index in [0.717, 1.165) is 53.4 Å². The summed E-state index contributed by atoms with van der Waals surface area (Å²) in [5.41, 5.74) is 1.25. The maximum Gasteiger partial charge on any atom is 0.138 e. The highest BCUT2D eigenvalue weighted by Gasteiger charge is 2.09. The van der Waals surface area contributed by atoms with Gasteiger partial charge in [-0.2, -0.15) is 0 Å². The van der Waals surface area contributed by atoms with Crippen molar-refractivity contribution in [3.63, 3.8) is 0 Å². The lowest BCUT2D eigenvalue weighted by atomic mass is 10.1. The summed E-state index contributed by atoms with van der Waals surface area (Å²) in [6, 6.07) is 10.4. The first-order chi connectivity index (χ1) is 11.7. The third-order valence-electron chi connectivity index (χ3n) is 3.99. The van der Waals surface area contributed by atoms with Crippen molar-refractivity contribution in [1.29, 1.82) is 0 Å². The van der Waals surface area contributed by atoms with E-state index in [-0.39, 0.29) is 0 Å². The zero-order valence-corrected chi connectivity index (χ0v) is 15.2. The van der Waals surface area contributed by atoms with E-state index < -0.39 is 0 Å². The van der Waals surface area contributed by atoms with Crippen molar-refractivity contribution in [3.8, 4) is 5.75 Å². The first-order valence-electron chi connectivity index (χ1n) is 8.34. The van der Waals surface area contributed by atoms with Gasteiger partial charge >= 0.3 is 0 Å². The van der Waals surface area contributed by atoms with E-state index >= 15 is 0 Å². The lowest BCUT2D eigenvalue weighted by molar-refractivity contribution is 0.409. The molecule has 3 rings (SSSR count). The van der Waals surface area contributed by atoms with Gasteiger partial charge in [0.1, 0.15) is 22.2 Å². The second kappa shape index (κ2) is 7.62. The Morgan fingerprint density at radius 3 is 2.83 bits per heavy atom. The minimum atomic E-state index is 0.850. The lowest BCUT2D eigenvalue weighted by Crippen LogP contribution is -2.07. The molecule has 4 nitrogen and oxygen atoms in total. The van der Waals surface area contributed by atoms with Gasteiger partial charge in [0.2, 0.25) is 0 Å². The standard InChI is InChI=1S/C19H23N3OS/c1-4-17-21-18(15-12-13(2)24-19(15)22-17)20-11-7-9-14-8-5-6-10-16(14)23-3/h5-6,8,10,12H,4,7,9,11H2,1-3H3,(H,20,21,22). The molecule has 0 atom stereocenters. The monoisotopic (exact) mass is 341 g/mol. The molecule has 0 radical (unpaired) electrons. The number of methoxy groups -OCH3 is 1. The third kappa shape index (κ3) is 3.67. The Bertz CT molecular complexity index is 829. The van der Waals surface area contributed by atoms with Crippen LogP contribution in [0.2, 0.25) is 0 Å². The molecule has 0 fully saturated rings. The van der Waals surface area contributed by atoms with Gasteiger partial charge in [-0.05, 0) is 37.5 Å². The molecule has 0 amide bonds. The van der Waals surface area contributed by atoms with E-state index in [0.29, 0.717) is 0 Å². The minimum Gasteiger partial charge on any atom is -0.496 e. The summed E-state index contributed by atoms with van der Waals surface area (Å²) in [7, 11) is 1.72. The predicted octanol–water partition coefficient (Wildman–Crippen LogP) is 4.62. The molecule has 0 unspecified atom stereocenters. The first kappa shape index (κ1) is 16.7. The number of nitrogens with one attached hydrogen (secondary N) is 1. The number of aryl methyl sites for hydroxylation is 3. The molecule has 0 saturated carbocycles. The zero-order valence-electron chi connectivity index (χ0n) is 14.4. The average Bonchev–Trinajstić information content (AvgIpc) is 2.99. The Morgan fingerprint density at radius 2 is 2.04 bits per heavy atom. The molecule has 1 N–H and O–H groups in total. The summed E-state index contributed by atoms with van der Waals surface area (Å²) in [6.07, 6.45) is 2.85. The van der Waals surface area contributed by atoms with E-state index in [1.165, 1.54) is 10.4 Å². The summed E-state index contributed by atoms with van der Waals surface area (Å²) in [6.45, 7) is 5.08. The molecule has 0 aliphatic heterocycles. The van der Waals surface area contributed by atoms with Gasteiger partial charge in [0.25, 0.3) is 0 Å². The second-order valence-electron chi connectivity index (χ2n) is 5.76. The number of ether oxygens (including phenoxy) is 1. The van der Waals surface area contributed by atoms with Crippen molar-refractivity contribution in [2.75, 3.05) is 19.0 Å². The highest BCUT2D eigenvalue weighted by atomic mass is 32.1. The zero-order chi connectivity index (χ0) is 16.9. The van der Waals surface area contributed by atoms with Gasteiger partial charge in [-0.1, -0.05) is 25.1 Å². The van der Waals surface area contributed by atoms with Crippen LogP contribution in [0.4, 0.5) is 5.82 Å². The number of thiophene rings is 1. The van der Waals surface area contributed by atoms with Crippen LogP contribution in [0.5, 0.6) is 5.75 Å². The van der Waals surface area contributed by atoms with Crippen molar-refractivity contribution in [2.45, 2.75) is 33.1 Å². The molecule has 1 aromatic carbocycles. The number of rotatable bonds is 7. The summed E-state index contributed by atoms with van der Waals surface area (Å²) < 4.78 is 5.41. The second-order valence-corrected chi connectivity index (χ2v) is 6.99. The van der Waals surface area contributed by atoms with E-state index in [1.54, 1.807) is 18.4 Å². The lowest BCUT2D eigenvalue weighted by Gasteiger charge is -2.10. The number of nitrogens with zero attached hydrogens (tertiary/aromatic N) is 2. The Morgan fingerprint density at radius 1 is 1.21 bits per heavy atom. The molecule has 24 heavy (non-hydrogen) atoms. The van der Waals surface area contributed by atoms with Crippen LogP contribution in [0, 0.1) is 6.92 Å². The van der Waals surface area contributed by atoms with Crippen LogP contribution in [0.15, 0.2) is 30.3 Å². The average molecular weight is 341 g/mol. The molecule has 2 aromatic heterocycles. The maximum atomic E-state index is 5.41. The van der Waals surface area contributed by atoms with Crippen LogP contribution in [-0.4, -0.2) is 23.6 Å². The van der Waals surface area contributed by atoms with Gasteiger partial charge in [0.15, 0.2) is 0 Å². The number of anilines is 1. The quantitative estimate of drug-likeness (QED) is 0.637. The highest BCUT2D eigenvalue weighted by Crippen LogP contribution is 2.28. The van der Waals surface area contributed by atoms with Crippen molar-refractivity contribution >= 4 is 27.4 Å². The van der Waals surface area contributed by atoms with E-state index in [2.05, 4.69) is 47.3 Å². The van der Waals surface area contributed by atoms with Gasteiger partial charge in [0, 0.05) is 17.8 Å². The molecule has 0 saturated heterocycles. The molecule has 5 heteroatoms. The number of fused-ring (bicyclic) bond motifs is 1. The van der Waals surface area contributed by atoms with Gasteiger partial charge in [-0.3, -0.25) is 0 Å². The molecule has 0 bridgehead atoms. The van der Waals surface area contributed by atoms with Crippen molar-refractivity contribution in [2.24, 2.45) is 0 Å². The minimum absolute atomic E-state index is 0.850. The fourth-order valence-electron chi connectivity index (χ4n) is 2.77. The third-order valence-corrected chi connectivity index (χ3v) is 4.93. The fraction of sp³-hybridized carbons (Fsp3) is 0.368. The van der Waals surface area contributed by atoms with Crippen LogP contribution >= 0.6 is 11.3 Å². The van der Waals surface area contributed by atoms with Gasteiger partial charge < -0.3 is 10.1 Å². The summed E-state index contributed by atoms with van der Waals surface area (Å²) in [5.74, 6) is 2.82. The number of aromatic nitrogens is 2. The Balaban J connectivity index is 1.67. The van der Waals surface area contributed by atoms with Crippen molar-refractivity contribution in [1.82, 2.24) is 9.97 Å². The molecule has 2 heterocycles. The number of hydrogen-bond donors (Lipinski definition) is 1. The number of para-hydroxylation sites is 1. The van der Waals surface area contributed by atoms with Gasteiger partial charge in [0.05, 0.1) is 12.5 Å². The summed E-state index contributed by atoms with van der Waals surface area (Å²) in [5, 5.41) is 4.63. The van der Waals surface area contributed by atoms with Crippen LogP contribution in [0.1, 0.15) is 29.6 Å². The topological polar surface area (TPSA) is 47.0 Å². The molecule has 0 aliphatic carbocycles. The number of benzene rings is 1. The predicted molar refractivity (Wildman–Crippen MR) is 101 cm³/mol. The maximum absolute atomic E-state index is 5.41. The van der Waals surface area contributed by atoms with Crippen LogP contribution in [0.25, 0.3) is 10.2 Å². The van der Waals surface area contributed by atoms with Crippen LogP contribution < -0.4 is 10.1 Å². The molecule has 0 aliphatic rings. The SMILES string of the molecule is CCc1nc(NCCCc2ccccc2OC)c2cc(C)sc2n1. The smallest absolute Gasteiger partial charge is 0.138 e. The highest BCUT2D eigenvalue weighted by molar-refractivity contribution is 7.18. The van der Waals surface area contributed by atoms with Crippen molar-refractivity contribution < 1.29 is 4.74 Å². The van der Waals surface area contributed by atoms with Gasteiger partial charge in [-0.15, -0.1) is 11.3 Å². The van der Waals surface area contributed by atoms with E-state index in [4.69, 9.17) is 4.74 Å². The Kier molecular flexibility index (Phi) is 5.30. The first-order valence-corrected chi connectivity index (χ1v) is 9.15. The van der Waals surface area contributed by atoms with Crippen LogP contribution in [-0.2, 0) is 12.8 Å². The van der Waals surface area contributed by atoms with Crippen molar-refractivity contribution in [3.05, 3.63) is 46.6 Å². The van der Waals surface area contributed by atoms with Crippen LogP contribution in [0.3, 0.4) is 0 Å². The summed E-state index contributed by atoms with van der Waals surface area (Å²) >= 11 is 1.73.